The van der Waals surface area contributed by atoms with Gasteiger partial charge in [-0.05, 0) is 49.9 Å². The molecule has 0 fully saturated rings. The lowest BCUT2D eigenvalue weighted by molar-refractivity contribution is 0.321. The Hall–Kier alpha value is -1.09. The average Bonchev–Trinajstić information content (AvgIpc) is 2.29. The van der Waals surface area contributed by atoms with Crippen LogP contribution in [0.2, 0.25) is 0 Å². The van der Waals surface area contributed by atoms with Crippen LogP contribution in [0, 0.1) is 5.82 Å². The monoisotopic (exact) mass is 225 g/mol. The molecule has 1 atom stereocenters. The van der Waals surface area contributed by atoms with Crippen LogP contribution < -0.4 is 10.5 Å². The van der Waals surface area contributed by atoms with Crippen molar-refractivity contribution in [2.24, 2.45) is 5.73 Å². The van der Waals surface area contributed by atoms with Crippen molar-refractivity contribution in [2.75, 3.05) is 13.2 Å². The van der Waals surface area contributed by atoms with Crippen LogP contribution in [0.3, 0.4) is 0 Å². The Labute approximate surface area is 96.6 Å². The van der Waals surface area contributed by atoms with Crippen molar-refractivity contribution in [3.63, 3.8) is 0 Å². The van der Waals surface area contributed by atoms with Crippen molar-refractivity contribution in [3.8, 4) is 5.75 Å². The zero-order valence-electron chi connectivity index (χ0n) is 10.0. The zero-order chi connectivity index (χ0) is 12.0. The fourth-order valence-corrected chi connectivity index (χ4v) is 1.69. The van der Waals surface area contributed by atoms with Crippen molar-refractivity contribution in [1.82, 2.24) is 0 Å². The minimum Gasteiger partial charge on any atom is -0.491 e. The lowest BCUT2D eigenvalue weighted by Gasteiger charge is -2.12. The molecule has 0 radical (unpaired) electrons. The summed E-state index contributed by atoms with van der Waals surface area (Å²) in [5.41, 5.74) is 6.46. The maximum Gasteiger partial charge on any atom is 0.165 e. The molecule has 0 saturated carbocycles. The summed E-state index contributed by atoms with van der Waals surface area (Å²) >= 11 is 0. The van der Waals surface area contributed by atoms with Crippen molar-refractivity contribution in [1.29, 1.82) is 0 Å². The summed E-state index contributed by atoms with van der Waals surface area (Å²) in [6.45, 7) is 5.10. The Balaban J connectivity index is 2.71. The normalized spacial score (nSPS) is 12.5. The fourth-order valence-electron chi connectivity index (χ4n) is 1.69. The van der Waals surface area contributed by atoms with E-state index in [-0.39, 0.29) is 5.82 Å². The highest BCUT2D eigenvalue weighted by molar-refractivity contribution is 5.31. The lowest BCUT2D eigenvalue weighted by Crippen LogP contribution is -2.03. The van der Waals surface area contributed by atoms with Gasteiger partial charge in [0.25, 0.3) is 0 Å². The van der Waals surface area contributed by atoms with Crippen molar-refractivity contribution >= 4 is 0 Å². The molecule has 1 rings (SSSR count). The zero-order valence-corrected chi connectivity index (χ0v) is 10.0. The summed E-state index contributed by atoms with van der Waals surface area (Å²) in [6.07, 6.45) is 1.96. The molecule has 0 amide bonds. The van der Waals surface area contributed by atoms with Crippen molar-refractivity contribution < 1.29 is 9.13 Å². The molecule has 16 heavy (non-hydrogen) atoms. The minimum absolute atomic E-state index is 0.279. The highest BCUT2D eigenvalue weighted by Gasteiger charge is 2.09. The van der Waals surface area contributed by atoms with Gasteiger partial charge < -0.3 is 10.5 Å². The number of hydrogen-bond donors (Lipinski definition) is 1. The smallest absolute Gasteiger partial charge is 0.165 e. The number of hydrogen-bond acceptors (Lipinski definition) is 2. The molecule has 0 heterocycles. The highest BCUT2D eigenvalue weighted by Crippen LogP contribution is 2.25. The molecule has 0 aromatic heterocycles. The first-order valence-corrected chi connectivity index (χ1v) is 5.81. The summed E-state index contributed by atoms with van der Waals surface area (Å²) in [5, 5.41) is 0. The van der Waals surface area contributed by atoms with E-state index in [9.17, 15) is 4.39 Å². The van der Waals surface area contributed by atoms with Crippen LogP contribution >= 0.6 is 0 Å². The number of benzene rings is 1. The van der Waals surface area contributed by atoms with Gasteiger partial charge in [-0.1, -0.05) is 13.0 Å². The SMILES string of the molecule is CCOc1ccc(C(C)CCCN)cc1F. The quantitative estimate of drug-likeness (QED) is 0.807. The molecule has 1 aromatic rings. The Kier molecular flexibility index (Phi) is 5.26. The lowest BCUT2D eigenvalue weighted by atomic mass is 9.96. The van der Waals surface area contributed by atoms with Gasteiger partial charge in [0.05, 0.1) is 6.61 Å². The molecule has 0 aliphatic rings. The molecule has 0 aliphatic heterocycles. The van der Waals surface area contributed by atoms with Crippen LogP contribution in [-0.2, 0) is 0 Å². The van der Waals surface area contributed by atoms with Gasteiger partial charge in [0.2, 0.25) is 0 Å². The van der Waals surface area contributed by atoms with Gasteiger partial charge in [0, 0.05) is 0 Å². The highest BCUT2D eigenvalue weighted by atomic mass is 19.1. The molecule has 0 spiro atoms. The third-order valence-electron chi connectivity index (χ3n) is 2.67. The predicted octanol–water partition coefficient (Wildman–Crippen LogP) is 3.07. The van der Waals surface area contributed by atoms with E-state index in [0.29, 0.717) is 24.8 Å². The van der Waals surface area contributed by atoms with Crippen molar-refractivity contribution in [2.45, 2.75) is 32.6 Å². The summed E-state index contributed by atoms with van der Waals surface area (Å²) in [7, 11) is 0. The summed E-state index contributed by atoms with van der Waals surface area (Å²) in [4.78, 5) is 0. The topological polar surface area (TPSA) is 35.2 Å². The minimum atomic E-state index is -0.279. The second kappa shape index (κ2) is 6.48. The Bertz CT molecular complexity index is 328. The van der Waals surface area contributed by atoms with Crippen LogP contribution in [0.25, 0.3) is 0 Å². The summed E-state index contributed by atoms with van der Waals surface area (Å²) in [5.74, 6) is 0.393. The Morgan fingerprint density at radius 1 is 1.44 bits per heavy atom. The number of ether oxygens (including phenoxy) is 1. The van der Waals surface area contributed by atoms with Gasteiger partial charge in [-0.15, -0.1) is 0 Å². The number of nitrogens with two attached hydrogens (primary N) is 1. The standard InChI is InChI=1S/C13H20FNO/c1-3-16-13-7-6-11(9-12(13)14)10(2)5-4-8-15/h6-7,9-10H,3-5,8,15H2,1-2H3. The van der Waals surface area contributed by atoms with Crippen LogP contribution in [0.5, 0.6) is 5.75 Å². The predicted molar refractivity (Wildman–Crippen MR) is 64.3 cm³/mol. The number of rotatable bonds is 6. The van der Waals surface area contributed by atoms with Crippen LogP contribution in [0.15, 0.2) is 18.2 Å². The van der Waals surface area contributed by atoms with E-state index < -0.39 is 0 Å². The van der Waals surface area contributed by atoms with E-state index in [2.05, 4.69) is 6.92 Å². The maximum absolute atomic E-state index is 13.6. The van der Waals surface area contributed by atoms with Gasteiger partial charge in [-0.25, -0.2) is 4.39 Å². The van der Waals surface area contributed by atoms with Gasteiger partial charge in [-0.2, -0.15) is 0 Å². The van der Waals surface area contributed by atoms with Gasteiger partial charge in [-0.3, -0.25) is 0 Å². The molecule has 90 valence electrons. The second-order valence-corrected chi connectivity index (χ2v) is 3.95. The molecule has 0 saturated heterocycles. The first kappa shape index (κ1) is 13.0. The van der Waals surface area contributed by atoms with Gasteiger partial charge in [0.15, 0.2) is 11.6 Å². The maximum atomic E-state index is 13.6. The largest absolute Gasteiger partial charge is 0.491 e. The van der Waals surface area contributed by atoms with E-state index in [0.717, 1.165) is 18.4 Å². The fraction of sp³-hybridized carbons (Fsp3) is 0.538. The van der Waals surface area contributed by atoms with E-state index >= 15 is 0 Å². The molecule has 2 nitrogen and oxygen atoms in total. The molecule has 0 bridgehead atoms. The number of halogens is 1. The summed E-state index contributed by atoms with van der Waals surface area (Å²) in [6, 6.07) is 5.19. The third kappa shape index (κ3) is 3.49. The van der Waals surface area contributed by atoms with Gasteiger partial charge >= 0.3 is 0 Å². The molecule has 2 N–H and O–H groups in total. The van der Waals surface area contributed by atoms with Crippen molar-refractivity contribution in [3.05, 3.63) is 29.6 Å². The first-order chi connectivity index (χ1) is 7.69. The van der Waals surface area contributed by atoms with Crippen LogP contribution in [0.4, 0.5) is 4.39 Å². The van der Waals surface area contributed by atoms with E-state index in [4.69, 9.17) is 10.5 Å². The molecule has 1 aromatic carbocycles. The van der Waals surface area contributed by atoms with Crippen LogP contribution in [0.1, 0.15) is 38.2 Å². The molecule has 1 unspecified atom stereocenters. The molecule has 3 heteroatoms. The van der Waals surface area contributed by atoms with Crippen LogP contribution in [-0.4, -0.2) is 13.2 Å². The molecular formula is C13H20FNO. The van der Waals surface area contributed by atoms with E-state index in [1.54, 1.807) is 12.1 Å². The summed E-state index contributed by atoms with van der Waals surface area (Å²) < 4.78 is 18.7. The Morgan fingerprint density at radius 3 is 2.75 bits per heavy atom. The van der Waals surface area contributed by atoms with E-state index in [1.165, 1.54) is 0 Å². The van der Waals surface area contributed by atoms with E-state index in [1.807, 2.05) is 13.0 Å². The first-order valence-electron chi connectivity index (χ1n) is 5.81. The second-order valence-electron chi connectivity index (χ2n) is 3.95. The molecule has 0 aliphatic carbocycles. The molecular weight excluding hydrogens is 205 g/mol. The third-order valence-corrected chi connectivity index (χ3v) is 2.67. The van der Waals surface area contributed by atoms with Gasteiger partial charge in [0.1, 0.15) is 0 Å². The Morgan fingerprint density at radius 2 is 2.19 bits per heavy atom. The average molecular weight is 225 g/mol.